The minimum absolute atomic E-state index is 0.0246. The van der Waals surface area contributed by atoms with Crippen LogP contribution in [0.15, 0.2) is 33.8 Å². The summed E-state index contributed by atoms with van der Waals surface area (Å²) in [5.74, 6) is -1.69. The number of esters is 1. The van der Waals surface area contributed by atoms with Crippen LogP contribution in [0.5, 0.6) is 0 Å². The van der Waals surface area contributed by atoms with Crippen molar-refractivity contribution in [2.45, 2.75) is 81.9 Å². The fraction of sp³-hybridized carbons (Fsp3) is 0.500. The number of hydrogen-bond donors (Lipinski definition) is 0. The number of nitrogens with zero attached hydrogens (tertiary/aromatic N) is 5. The number of Topliss-reactive ketones (excluding diaryl/α,β-unsaturated/α-hetero) is 1. The van der Waals surface area contributed by atoms with Gasteiger partial charge in [0.25, 0.3) is 0 Å². The van der Waals surface area contributed by atoms with Crippen molar-refractivity contribution in [1.82, 2.24) is 9.97 Å². The van der Waals surface area contributed by atoms with Crippen molar-refractivity contribution in [3.8, 4) is 6.07 Å². The molecule has 4 rings (SSSR count). The number of ether oxygens (including phenoxy) is 1. The molecule has 0 aromatic carbocycles. The van der Waals surface area contributed by atoms with E-state index in [0.29, 0.717) is 18.7 Å². The van der Waals surface area contributed by atoms with E-state index in [4.69, 9.17) is 26.6 Å². The monoisotopic (exact) mass is 587 g/mol. The fourth-order valence-corrected chi connectivity index (χ4v) is 8.71. The first-order valence-electron chi connectivity index (χ1n) is 12.8. The summed E-state index contributed by atoms with van der Waals surface area (Å²) in [4.78, 5) is 39.2. The van der Waals surface area contributed by atoms with Crippen molar-refractivity contribution in [1.29, 1.82) is 5.26 Å². The molecule has 0 N–H and O–H groups in total. The highest BCUT2D eigenvalue weighted by Gasteiger charge is 2.58. The number of fused-ring (bicyclic) bond motifs is 1. The highest BCUT2D eigenvalue weighted by molar-refractivity contribution is 7.96. The minimum Gasteiger partial charge on any atom is -0.460 e. The summed E-state index contributed by atoms with van der Waals surface area (Å²) in [6.07, 6.45) is 1.17. The Kier molecular flexibility index (Phi) is 7.67. The molecule has 2 aromatic rings. The van der Waals surface area contributed by atoms with E-state index in [1.807, 2.05) is 6.07 Å². The van der Waals surface area contributed by atoms with E-state index in [1.165, 1.54) is 24.4 Å². The maximum atomic E-state index is 15.5. The molecule has 212 valence electrons. The van der Waals surface area contributed by atoms with E-state index in [1.54, 1.807) is 41.5 Å². The van der Waals surface area contributed by atoms with Gasteiger partial charge in [-0.15, -0.1) is 0 Å². The standard InChI is InChI=1S/C28H31ClFN5O4S/c1-26(2,3)39-23(37)13-21-27(4,5)40(38)22(9-10-33-40)28(6,35-21)25-19(30)8-7-17(34-25)12-20(36)24-18(29)11-16(14-31)15-32-24/h7-8,11,15,22H,9-10,12-13H2,1-6H3/t22-,28+,40+/m1/s1. The van der Waals surface area contributed by atoms with Gasteiger partial charge in [0.05, 0.1) is 43.2 Å². The van der Waals surface area contributed by atoms with Crippen LogP contribution >= 0.6 is 11.6 Å². The molecule has 0 radical (unpaired) electrons. The van der Waals surface area contributed by atoms with Gasteiger partial charge in [-0.2, -0.15) is 5.26 Å². The number of nitriles is 1. The van der Waals surface area contributed by atoms with Gasteiger partial charge in [0, 0.05) is 24.1 Å². The van der Waals surface area contributed by atoms with Gasteiger partial charge >= 0.3 is 5.97 Å². The summed E-state index contributed by atoms with van der Waals surface area (Å²) in [5, 5.41) is 8.38. The number of aromatic nitrogens is 2. The maximum Gasteiger partial charge on any atom is 0.312 e. The number of hydrogen-bond acceptors (Lipinski definition) is 9. The van der Waals surface area contributed by atoms with Crippen molar-refractivity contribution in [2.75, 3.05) is 6.54 Å². The van der Waals surface area contributed by atoms with Crippen LogP contribution in [0, 0.1) is 17.1 Å². The number of carbonyl (C=O) groups excluding carboxylic acids is 2. The molecular weight excluding hydrogens is 557 g/mol. The molecule has 3 atom stereocenters. The van der Waals surface area contributed by atoms with Crippen LogP contribution in [0.3, 0.4) is 0 Å². The molecular formula is C28H31ClFN5O4S. The van der Waals surface area contributed by atoms with Gasteiger partial charge in [-0.05, 0) is 66.2 Å². The van der Waals surface area contributed by atoms with Crippen LogP contribution in [-0.4, -0.2) is 53.8 Å². The topological polar surface area (TPSA) is 135 Å². The lowest BCUT2D eigenvalue weighted by Gasteiger charge is -2.45. The number of ketones is 1. The molecule has 2 aliphatic heterocycles. The Morgan fingerprint density at radius 1 is 1.25 bits per heavy atom. The van der Waals surface area contributed by atoms with Crippen LogP contribution in [0.1, 0.15) is 81.8 Å². The smallest absolute Gasteiger partial charge is 0.312 e. The van der Waals surface area contributed by atoms with E-state index in [9.17, 15) is 13.8 Å². The minimum atomic E-state index is -3.02. The fourth-order valence-electron chi connectivity index (χ4n) is 5.18. The van der Waals surface area contributed by atoms with Gasteiger partial charge < -0.3 is 4.74 Å². The molecule has 4 heterocycles. The van der Waals surface area contributed by atoms with Gasteiger partial charge in [0.1, 0.15) is 34.4 Å². The van der Waals surface area contributed by atoms with E-state index in [0.717, 1.165) is 0 Å². The molecule has 40 heavy (non-hydrogen) atoms. The zero-order valence-electron chi connectivity index (χ0n) is 23.2. The predicted octanol–water partition coefficient (Wildman–Crippen LogP) is 4.99. The molecule has 0 aliphatic carbocycles. The summed E-state index contributed by atoms with van der Waals surface area (Å²) in [6, 6.07) is 5.83. The summed E-state index contributed by atoms with van der Waals surface area (Å²) >= 11 is 6.16. The average molecular weight is 588 g/mol. The van der Waals surface area contributed by atoms with E-state index in [2.05, 4.69) is 14.3 Å². The molecule has 0 bridgehead atoms. The first-order chi connectivity index (χ1) is 18.5. The van der Waals surface area contributed by atoms with E-state index in [-0.39, 0.29) is 40.5 Å². The molecule has 0 unspecified atom stereocenters. The Bertz CT molecular complexity index is 1600. The zero-order valence-corrected chi connectivity index (χ0v) is 24.8. The SMILES string of the molecule is CC(C)(C)OC(=O)CC1=N[C@](C)(c2nc(CC(=O)c3ncc(C#N)cc3Cl)ccc2F)[C@H]2CCN=[S@@]2(=O)C1(C)C. The zero-order chi connectivity index (χ0) is 29.7. The van der Waals surface area contributed by atoms with Gasteiger partial charge in [0.2, 0.25) is 0 Å². The molecule has 2 aliphatic rings. The number of carbonyl (C=O) groups is 2. The Balaban J connectivity index is 1.77. The highest BCUT2D eigenvalue weighted by atomic mass is 35.5. The van der Waals surface area contributed by atoms with Gasteiger partial charge in [0.15, 0.2) is 5.78 Å². The van der Waals surface area contributed by atoms with E-state index >= 15 is 4.39 Å². The second kappa shape index (κ2) is 10.3. The predicted molar refractivity (Wildman–Crippen MR) is 149 cm³/mol. The highest BCUT2D eigenvalue weighted by Crippen LogP contribution is 2.48. The Morgan fingerprint density at radius 3 is 2.58 bits per heavy atom. The maximum absolute atomic E-state index is 15.5. The van der Waals surface area contributed by atoms with Gasteiger partial charge in [-0.25, -0.2) is 13.0 Å². The first-order valence-corrected chi connectivity index (χ1v) is 14.7. The number of rotatable bonds is 6. The molecule has 0 spiro atoms. The van der Waals surface area contributed by atoms with Crippen LogP contribution < -0.4 is 0 Å². The van der Waals surface area contributed by atoms with Gasteiger partial charge in [-0.3, -0.25) is 24.5 Å². The third-order valence-corrected chi connectivity index (χ3v) is 11.2. The van der Waals surface area contributed by atoms with Gasteiger partial charge in [-0.1, -0.05) is 11.6 Å². The van der Waals surface area contributed by atoms with Crippen LogP contribution in [-0.2, 0) is 31.2 Å². The van der Waals surface area contributed by atoms with Crippen LogP contribution in [0.2, 0.25) is 5.02 Å². The Morgan fingerprint density at radius 2 is 1.95 bits per heavy atom. The summed E-state index contributed by atoms with van der Waals surface area (Å²) < 4.78 is 38.9. The largest absolute Gasteiger partial charge is 0.460 e. The van der Waals surface area contributed by atoms with Crippen LogP contribution in [0.25, 0.3) is 0 Å². The average Bonchev–Trinajstić information content (AvgIpc) is 3.27. The van der Waals surface area contributed by atoms with E-state index < -0.39 is 48.4 Å². The normalized spacial score (nSPS) is 25.3. The molecule has 0 saturated carbocycles. The summed E-state index contributed by atoms with van der Waals surface area (Å²) in [7, 11) is -3.02. The first kappa shape index (κ1) is 29.7. The van der Waals surface area contributed by atoms with Crippen molar-refractivity contribution in [3.05, 3.63) is 57.9 Å². The lowest BCUT2D eigenvalue weighted by molar-refractivity contribution is -0.153. The third kappa shape index (κ3) is 5.27. The lowest BCUT2D eigenvalue weighted by Crippen LogP contribution is -2.56. The second-order valence-electron chi connectivity index (χ2n) is 11.6. The molecule has 0 saturated heterocycles. The molecule has 12 heteroatoms. The lowest BCUT2D eigenvalue weighted by atomic mass is 9.88. The van der Waals surface area contributed by atoms with Crippen molar-refractivity contribution >= 4 is 38.8 Å². The molecule has 2 aromatic heterocycles. The quantitative estimate of drug-likeness (QED) is 0.343. The third-order valence-electron chi connectivity index (χ3n) is 7.17. The molecule has 0 fully saturated rings. The second-order valence-corrected chi connectivity index (χ2v) is 15.0. The summed E-state index contributed by atoms with van der Waals surface area (Å²) in [6.45, 7) is 10.7. The van der Waals surface area contributed by atoms with Crippen molar-refractivity contribution < 1.29 is 22.9 Å². The Hall–Kier alpha value is -3.23. The Labute approximate surface area is 238 Å². The molecule has 0 amide bonds. The number of pyridine rings is 2. The number of halogens is 2. The van der Waals surface area contributed by atoms with Crippen molar-refractivity contribution in [3.63, 3.8) is 0 Å². The van der Waals surface area contributed by atoms with Crippen LogP contribution in [0.4, 0.5) is 4.39 Å². The number of aliphatic imine (C=N–C) groups is 1. The van der Waals surface area contributed by atoms with Crippen molar-refractivity contribution in [2.24, 2.45) is 9.36 Å². The molecule has 9 nitrogen and oxygen atoms in total. The summed E-state index contributed by atoms with van der Waals surface area (Å²) in [5.41, 5.74) is -1.52.